The zero-order valence-electron chi connectivity index (χ0n) is 8.25. The first kappa shape index (κ1) is 11.4. The van der Waals surface area contributed by atoms with Crippen LogP contribution in [0.1, 0.15) is 11.7 Å². The van der Waals surface area contributed by atoms with E-state index in [1.165, 1.54) is 20.4 Å². The van der Waals surface area contributed by atoms with Crippen LogP contribution in [0, 0.1) is 0 Å². The second-order valence-corrected chi connectivity index (χ2v) is 4.97. The molecule has 1 heterocycles. The van der Waals surface area contributed by atoms with E-state index in [-0.39, 0.29) is 5.82 Å². The number of hydrogen-bond donors (Lipinski definition) is 1. The molecule has 1 atom stereocenters. The molecular formula is C7H13N2O4P. The highest BCUT2D eigenvalue weighted by molar-refractivity contribution is 7.53. The molecule has 0 saturated heterocycles. The number of nitrogens with zero attached hydrogens (tertiary/aromatic N) is 2. The van der Waals surface area contributed by atoms with Crippen molar-refractivity contribution in [3.8, 4) is 0 Å². The van der Waals surface area contributed by atoms with Crippen molar-refractivity contribution in [2.24, 2.45) is 7.05 Å². The van der Waals surface area contributed by atoms with Crippen molar-refractivity contribution in [1.29, 1.82) is 0 Å². The number of aliphatic hydroxyl groups is 1. The maximum Gasteiger partial charge on any atom is 0.366 e. The van der Waals surface area contributed by atoms with E-state index in [1.807, 2.05) is 0 Å². The van der Waals surface area contributed by atoms with Crippen LogP contribution in [0.15, 0.2) is 12.4 Å². The van der Waals surface area contributed by atoms with Crippen LogP contribution in [-0.4, -0.2) is 28.9 Å². The average Bonchev–Trinajstić information content (AvgIpc) is 2.62. The molecule has 1 unspecified atom stereocenters. The highest BCUT2D eigenvalue weighted by Gasteiger charge is 2.36. The Morgan fingerprint density at radius 1 is 1.57 bits per heavy atom. The summed E-state index contributed by atoms with van der Waals surface area (Å²) in [5.41, 5.74) is 0. The topological polar surface area (TPSA) is 73.6 Å². The minimum atomic E-state index is -3.52. The molecule has 1 aromatic heterocycles. The molecule has 0 bridgehead atoms. The molecule has 0 amide bonds. The van der Waals surface area contributed by atoms with Gasteiger partial charge in [0.05, 0.1) is 0 Å². The molecule has 0 radical (unpaired) electrons. The van der Waals surface area contributed by atoms with Crippen LogP contribution in [0.3, 0.4) is 0 Å². The van der Waals surface area contributed by atoms with Gasteiger partial charge in [-0.05, 0) is 0 Å². The Hall–Kier alpha value is -0.680. The molecule has 6 nitrogen and oxygen atoms in total. The predicted molar refractivity (Wildman–Crippen MR) is 49.8 cm³/mol. The van der Waals surface area contributed by atoms with E-state index < -0.39 is 13.4 Å². The minimum Gasteiger partial charge on any atom is -0.374 e. The van der Waals surface area contributed by atoms with Gasteiger partial charge in [-0.3, -0.25) is 4.57 Å². The third-order valence-electron chi connectivity index (χ3n) is 1.90. The Kier molecular flexibility index (Phi) is 3.44. The minimum absolute atomic E-state index is 0.247. The van der Waals surface area contributed by atoms with Crippen LogP contribution in [0.5, 0.6) is 0 Å². The van der Waals surface area contributed by atoms with Crippen molar-refractivity contribution < 1.29 is 18.7 Å². The van der Waals surface area contributed by atoms with Gasteiger partial charge < -0.3 is 18.7 Å². The summed E-state index contributed by atoms with van der Waals surface area (Å²) >= 11 is 0. The van der Waals surface area contributed by atoms with E-state index in [1.54, 1.807) is 17.8 Å². The standard InChI is InChI=1S/C7H13N2O4P/c1-9-5-4-8-6(9)7(10)14(11,12-2)13-3/h4-5,7,10H,1-3H3. The lowest BCUT2D eigenvalue weighted by molar-refractivity contribution is 0.168. The van der Waals surface area contributed by atoms with Crippen LogP contribution in [-0.2, 0) is 20.7 Å². The summed E-state index contributed by atoms with van der Waals surface area (Å²) in [5.74, 6) is -1.12. The van der Waals surface area contributed by atoms with E-state index in [9.17, 15) is 9.67 Å². The second kappa shape index (κ2) is 4.23. The van der Waals surface area contributed by atoms with Crippen LogP contribution in [0.2, 0.25) is 0 Å². The van der Waals surface area contributed by atoms with Crippen LogP contribution >= 0.6 is 7.60 Å². The Bertz CT molecular complexity index is 343. The van der Waals surface area contributed by atoms with Gasteiger partial charge in [0.25, 0.3) is 0 Å². The van der Waals surface area contributed by atoms with Gasteiger partial charge in [-0.2, -0.15) is 0 Å². The van der Waals surface area contributed by atoms with Crippen molar-refractivity contribution in [2.45, 2.75) is 5.85 Å². The molecule has 0 spiro atoms. The zero-order chi connectivity index (χ0) is 10.8. The van der Waals surface area contributed by atoms with E-state index in [2.05, 4.69) is 14.0 Å². The average molecular weight is 220 g/mol. The normalized spacial score (nSPS) is 14.3. The molecule has 0 aliphatic carbocycles. The third-order valence-corrected chi connectivity index (χ3v) is 3.75. The highest BCUT2D eigenvalue weighted by atomic mass is 31.2. The number of aryl methyl sites for hydroxylation is 1. The Morgan fingerprint density at radius 3 is 2.50 bits per heavy atom. The molecule has 0 aliphatic rings. The van der Waals surface area contributed by atoms with Crippen LogP contribution < -0.4 is 0 Å². The zero-order valence-corrected chi connectivity index (χ0v) is 9.14. The summed E-state index contributed by atoms with van der Waals surface area (Å²) in [5, 5.41) is 9.71. The van der Waals surface area contributed by atoms with Gasteiger partial charge in [-0.1, -0.05) is 0 Å². The van der Waals surface area contributed by atoms with Crippen LogP contribution in [0.4, 0.5) is 0 Å². The molecular weight excluding hydrogens is 207 g/mol. The Morgan fingerprint density at radius 2 is 2.14 bits per heavy atom. The fraction of sp³-hybridized carbons (Fsp3) is 0.571. The van der Waals surface area contributed by atoms with Gasteiger partial charge in [0, 0.05) is 33.7 Å². The monoisotopic (exact) mass is 220 g/mol. The van der Waals surface area contributed by atoms with Crippen molar-refractivity contribution in [2.75, 3.05) is 14.2 Å². The van der Waals surface area contributed by atoms with Crippen molar-refractivity contribution in [1.82, 2.24) is 9.55 Å². The molecule has 7 heteroatoms. The first-order chi connectivity index (χ1) is 6.55. The summed E-state index contributed by atoms with van der Waals surface area (Å²) in [6, 6.07) is 0. The lowest BCUT2D eigenvalue weighted by atomic mass is 10.6. The van der Waals surface area contributed by atoms with E-state index in [0.29, 0.717) is 0 Å². The third kappa shape index (κ3) is 1.88. The lowest BCUT2D eigenvalue weighted by Gasteiger charge is -2.18. The Balaban J connectivity index is 3.01. The molecule has 80 valence electrons. The lowest BCUT2D eigenvalue weighted by Crippen LogP contribution is -2.08. The van der Waals surface area contributed by atoms with Crippen molar-refractivity contribution >= 4 is 7.60 Å². The summed E-state index contributed by atoms with van der Waals surface area (Å²) in [4.78, 5) is 3.86. The summed E-state index contributed by atoms with van der Waals surface area (Å²) in [6.07, 6.45) is 3.13. The Labute approximate surface area is 82.0 Å². The van der Waals surface area contributed by atoms with Gasteiger partial charge in [0.2, 0.25) is 5.85 Å². The number of aromatic nitrogens is 2. The van der Waals surface area contributed by atoms with Crippen LogP contribution in [0.25, 0.3) is 0 Å². The first-order valence-electron chi connectivity index (χ1n) is 3.91. The summed E-state index contributed by atoms with van der Waals surface area (Å²) in [7, 11) is 0.604. The maximum atomic E-state index is 11.8. The van der Waals surface area contributed by atoms with Crippen molar-refractivity contribution in [3.63, 3.8) is 0 Å². The molecule has 1 N–H and O–H groups in total. The quantitative estimate of drug-likeness (QED) is 0.763. The predicted octanol–water partition coefficient (Wildman–Crippen LogP) is 0.897. The van der Waals surface area contributed by atoms with Gasteiger partial charge in [0.1, 0.15) is 5.82 Å². The van der Waals surface area contributed by atoms with E-state index >= 15 is 0 Å². The molecule has 0 aromatic carbocycles. The molecule has 0 aliphatic heterocycles. The first-order valence-corrected chi connectivity index (χ1v) is 5.53. The maximum absolute atomic E-state index is 11.8. The number of rotatable bonds is 4. The number of imidazole rings is 1. The fourth-order valence-electron chi connectivity index (χ4n) is 1.04. The molecule has 1 rings (SSSR count). The molecule has 0 saturated carbocycles. The van der Waals surface area contributed by atoms with Gasteiger partial charge >= 0.3 is 7.60 Å². The second-order valence-electron chi connectivity index (χ2n) is 2.67. The largest absolute Gasteiger partial charge is 0.374 e. The highest BCUT2D eigenvalue weighted by Crippen LogP contribution is 2.57. The molecule has 14 heavy (non-hydrogen) atoms. The summed E-state index contributed by atoms with van der Waals surface area (Å²) < 4.78 is 22.6. The molecule has 0 fully saturated rings. The van der Waals surface area contributed by atoms with E-state index in [0.717, 1.165) is 0 Å². The van der Waals surface area contributed by atoms with Gasteiger partial charge in [-0.25, -0.2) is 4.98 Å². The van der Waals surface area contributed by atoms with Gasteiger partial charge in [-0.15, -0.1) is 0 Å². The smallest absolute Gasteiger partial charge is 0.366 e. The fourth-order valence-corrected chi connectivity index (χ4v) is 2.12. The van der Waals surface area contributed by atoms with Gasteiger partial charge in [0.15, 0.2) is 0 Å². The number of hydrogen-bond acceptors (Lipinski definition) is 5. The van der Waals surface area contributed by atoms with E-state index in [4.69, 9.17) is 0 Å². The number of aliphatic hydroxyl groups excluding tert-OH is 1. The summed E-state index contributed by atoms with van der Waals surface area (Å²) in [6.45, 7) is 0. The molecule has 1 aromatic rings. The van der Waals surface area contributed by atoms with Crippen molar-refractivity contribution in [3.05, 3.63) is 18.2 Å². The SMILES string of the molecule is COP(=O)(OC)C(O)c1nccn1C.